The van der Waals surface area contributed by atoms with Crippen molar-refractivity contribution in [3.8, 4) is 0 Å². The Morgan fingerprint density at radius 2 is 1.70 bits per heavy atom. The van der Waals surface area contributed by atoms with E-state index < -0.39 is 0 Å². The summed E-state index contributed by atoms with van der Waals surface area (Å²) in [6, 6.07) is 13.0. The second-order valence-corrected chi connectivity index (χ2v) is 7.50. The molecule has 0 radical (unpaired) electrons. The van der Waals surface area contributed by atoms with E-state index in [0.717, 1.165) is 31.6 Å². The van der Waals surface area contributed by atoms with Gasteiger partial charge < -0.3 is 25.2 Å². The summed E-state index contributed by atoms with van der Waals surface area (Å²) >= 11 is 0. The summed E-state index contributed by atoms with van der Waals surface area (Å²) in [6.45, 7) is 3.95. The molecule has 0 saturated carbocycles. The van der Waals surface area contributed by atoms with E-state index in [2.05, 4.69) is 20.5 Å². The number of anilines is 2. The molecule has 2 saturated heterocycles. The Morgan fingerprint density at radius 1 is 0.967 bits per heavy atom. The summed E-state index contributed by atoms with van der Waals surface area (Å²) in [5.41, 5.74) is 1.37. The number of piperidine rings is 1. The number of carbonyl (C=O) groups excluding carboxylic acids is 2. The number of aromatic nitrogens is 1. The number of ether oxygens (including phenoxy) is 1. The number of morpholine rings is 1. The third kappa shape index (κ3) is 4.88. The van der Waals surface area contributed by atoms with Gasteiger partial charge in [-0.15, -0.1) is 0 Å². The summed E-state index contributed by atoms with van der Waals surface area (Å²) in [4.78, 5) is 33.7. The molecule has 2 N–H and O–H groups in total. The highest BCUT2D eigenvalue weighted by molar-refractivity contribution is 5.99. The second kappa shape index (κ2) is 9.58. The number of likely N-dealkylation sites (tertiary alicyclic amines) is 1. The first-order valence-corrected chi connectivity index (χ1v) is 10.4. The first-order valence-electron chi connectivity index (χ1n) is 10.4. The molecule has 8 nitrogen and oxygen atoms in total. The van der Waals surface area contributed by atoms with Crippen molar-refractivity contribution in [1.29, 1.82) is 0 Å². The van der Waals surface area contributed by atoms with Crippen molar-refractivity contribution in [2.75, 3.05) is 49.6 Å². The van der Waals surface area contributed by atoms with Crippen LogP contribution < -0.4 is 15.5 Å². The van der Waals surface area contributed by atoms with E-state index in [1.807, 2.05) is 36.4 Å². The molecule has 3 amide bonds. The Bertz CT molecular complexity index is 862. The van der Waals surface area contributed by atoms with Gasteiger partial charge in [-0.1, -0.05) is 18.2 Å². The Balaban J connectivity index is 1.31. The Morgan fingerprint density at radius 3 is 2.43 bits per heavy atom. The maximum atomic E-state index is 12.9. The molecule has 158 valence electrons. The van der Waals surface area contributed by atoms with E-state index >= 15 is 0 Å². The standard InChI is InChI=1S/C22H27N5O3/c28-21(19-7-4-10-23-20(19)26-13-15-30-16-14-26)24-18-8-11-27(12-9-18)22(29)25-17-5-2-1-3-6-17/h1-7,10,18H,8-9,11-16H2,(H,24,28)(H,25,29). The number of para-hydroxylation sites is 1. The molecule has 8 heteroatoms. The van der Waals surface area contributed by atoms with Crippen molar-refractivity contribution in [1.82, 2.24) is 15.2 Å². The molecule has 30 heavy (non-hydrogen) atoms. The average molecular weight is 409 g/mol. The van der Waals surface area contributed by atoms with Crippen LogP contribution in [0.25, 0.3) is 0 Å². The first kappa shape index (κ1) is 20.2. The molecule has 3 heterocycles. The molecule has 0 bridgehead atoms. The van der Waals surface area contributed by atoms with E-state index in [1.54, 1.807) is 17.2 Å². The van der Waals surface area contributed by atoms with Gasteiger partial charge in [-0.05, 0) is 37.1 Å². The summed E-state index contributed by atoms with van der Waals surface area (Å²) < 4.78 is 5.40. The van der Waals surface area contributed by atoms with Crippen LogP contribution in [0.5, 0.6) is 0 Å². The van der Waals surface area contributed by atoms with Crippen LogP contribution in [0.2, 0.25) is 0 Å². The van der Waals surface area contributed by atoms with E-state index in [-0.39, 0.29) is 18.0 Å². The highest BCUT2D eigenvalue weighted by Gasteiger charge is 2.26. The molecule has 0 unspecified atom stereocenters. The van der Waals surface area contributed by atoms with Crippen LogP contribution in [0.15, 0.2) is 48.7 Å². The number of pyridine rings is 1. The average Bonchev–Trinajstić information content (AvgIpc) is 2.81. The lowest BCUT2D eigenvalue weighted by atomic mass is 10.0. The SMILES string of the molecule is O=C(NC1CCN(C(=O)Nc2ccccc2)CC1)c1cccnc1N1CCOCC1. The predicted octanol–water partition coefficient (Wildman–Crippen LogP) is 2.34. The number of carbonyl (C=O) groups is 2. The van der Waals surface area contributed by atoms with E-state index in [1.165, 1.54) is 0 Å². The van der Waals surface area contributed by atoms with Gasteiger partial charge in [0.15, 0.2) is 0 Å². The quantitative estimate of drug-likeness (QED) is 0.810. The first-order chi connectivity index (χ1) is 14.7. The number of hydrogen-bond donors (Lipinski definition) is 2. The molecular weight excluding hydrogens is 382 g/mol. The molecule has 1 aromatic carbocycles. The number of hydrogen-bond acceptors (Lipinski definition) is 5. The number of urea groups is 1. The van der Waals surface area contributed by atoms with Crippen LogP contribution in [0.1, 0.15) is 23.2 Å². The normalized spacial score (nSPS) is 17.5. The lowest BCUT2D eigenvalue weighted by Gasteiger charge is -2.33. The van der Waals surface area contributed by atoms with Gasteiger partial charge in [0.1, 0.15) is 5.82 Å². The summed E-state index contributed by atoms with van der Waals surface area (Å²) in [5.74, 6) is 0.592. The third-order valence-electron chi connectivity index (χ3n) is 5.48. The zero-order chi connectivity index (χ0) is 20.8. The molecule has 1 aromatic heterocycles. The maximum absolute atomic E-state index is 12.9. The minimum Gasteiger partial charge on any atom is -0.378 e. The zero-order valence-corrected chi connectivity index (χ0v) is 16.9. The van der Waals surface area contributed by atoms with Crippen molar-refractivity contribution in [3.63, 3.8) is 0 Å². The van der Waals surface area contributed by atoms with E-state index in [9.17, 15) is 9.59 Å². The molecule has 2 aliphatic rings. The summed E-state index contributed by atoms with van der Waals surface area (Å²) in [5, 5.41) is 6.04. The molecular formula is C22H27N5O3. The van der Waals surface area contributed by atoms with Crippen LogP contribution >= 0.6 is 0 Å². The van der Waals surface area contributed by atoms with Crippen molar-refractivity contribution in [2.24, 2.45) is 0 Å². The Hall–Kier alpha value is -3.13. The highest BCUT2D eigenvalue weighted by atomic mass is 16.5. The van der Waals surface area contributed by atoms with E-state index in [4.69, 9.17) is 4.74 Å². The lowest BCUT2D eigenvalue weighted by Crippen LogP contribution is -2.48. The lowest BCUT2D eigenvalue weighted by molar-refractivity contribution is 0.0917. The minimum atomic E-state index is -0.114. The Labute approximate surface area is 176 Å². The fraction of sp³-hybridized carbons (Fsp3) is 0.409. The molecule has 4 rings (SSSR count). The molecule has 0 spiro atoms. The van der Waals surface area contributed by atoms with Gasteiger partial charge in [-0.3, -0.25) is 4.79 Å². The number of nitrogens with zero attached hydrogens (tertiary/aromatic N) is 3. The fourth-order valence-electron chi connectivity index (χ4n) is 3.82. The highest BCUT2D eigenvalue weighted by Crippen LogP contribution is 2.20. The molecule has 0 aliphatic carbocycles. The van der Waals surface area contributed by atoms with Crippen LogP contribution in [-0.4, -0.2) is 67.3 Å². The van der Waals surface area contributed by atoms with Gasteiger partial charge in [-0.2, -0.15) is 0 Å². The van der Waals surface area contributed by atoms with Gasteiger partial charge >= 0.3 is 6.03 Å². The van der Waals surface area contributed by atoms with E-state index in [0.29, 0.717) is 37.7 Å². The van der Waals surface area contributed by atoms with Crippen LogP contribution in [-0.2, 0) is 4.74 Å². The fourth-order valence-corrected chi connectivity index (χ4v) is 3.82. The van der Waals surface area contributed by atoms with Crippen molar-refractivity contribution < 1.29 is 14.3 Å². The van der Waals surface area contributed by atoms with Crippen molar-refractivity contribution >= 4 is 23.4 Å². The van der Waals surface area contributed by atoms with Crippen LogP contribution in [0.3, 0.4) is 0 Å². The van der Waals surface area contributed by atoms with Crippen molar-refractivity contribution in [2.45, 2.75) is 18.9 Å². The number of nitrogens with one attached hydrogen (secondary N) is 2. The molecule has 2 aliphatic heterocycles. The topological polar surface area (TPSA) is 86.8 Å². The maximum Gasteiger partial charge on any atom is 0.321 e. The zero-order valence-electron chi connectivity index (χ0n) is 16.9. The number of amides is 3. The minimum absolute atomic E-state index is 0.0380. The monoisotopic (exact) mass is 409 g/mol. The van der Waals surface area contributed by atoms with Gasteiger partial charge in [-0.25, -0.2) is 9.78 Å². The summed E-state index contributed by atoms with van der Waals surface area (Å²) in [6.07, 6.45) is 3.16. The smallest absolute Gasteiger partial charge is 0.321 e. The van der Waals surface area contributed by atoms with Gasteiger partial charge in [0.2, 0.25) is 0 Å². The predicted molar refractivity (Wildman–Crippen MR) is 115 cm³/mol. The van der Waals surface area contributed by atoms with Gasteiger partial charge in [0, 0.05) is 44.1 Å². The largest absolute Gasteiger partial charge is 0.378 e. The third-order valence-corrected chi connectivity index (χ3v) is 5.48. The van der Waals surface area contributed by atoms with Gasteiger partial charge in [0.05, 0.1) is 18.8 Å². The molecule has 2 fully saturated rings. The summed E-state index contributed by atoms with van der Waals surface area (Å²) in [7, 11) is 0. The van der Waals surface area contributed by atoms with Crippen LogP contribution in [0, 0.1) is 0 Å². The second-order valence-electron chi connectivity index (χ2n) is 7.50. The number of benzene rings is 1. The van der Waals surface area contributed by atoms with Crippen molar-refractivity contribution in [3.05, 3.63) is 54.2 Å². The number of rotatable bonds is 4. The molecule has 0 atom stereocenters. The van der Waals surface area contributed by atoms with Gasteiger partial charge in [0.25, 0.3) is 5.91 Å². The molecule has 2 aromatic rings. The Kier molecular flexibility index (Phi) is 6.44. The van der Waals surface area contributed by atoms with Crippen LogP contribution in [0.4, 0.5) is 16.3 Å².